The second-order valence-electron chi connectivity index (χ2n) is 5.59. The Labute approximate surface area is 113 Å². The maximum Gasteiger partial charge on any atom is 0.328 e. The van der Waals surface area contributed by atoms with Gasteiger partial charge >= 0.3 is 5.97 Å². The highest BCUT2D eigenvalue weighted by molar-refractivity contribution is 5.85. The largest absolute Gasteiger partial charge is 0.480 e. The number of carboxylic acids is 1. The van der Waals surface area contributed by atoms with Crippen molar-refractivity contribution in [3.05, 3.63) is 0 Å². The number of ether oxygens (including phenoxy) is 1. The molecule has 5 heteroatoms. The number of hydrogen-bond acceptors (Lipinski definition) is 3. The normalized spacial score (nSPS) is 32.1. The van der Waals surface area contributed by atoms with E-state index in [0.717, 1.165) is 31.6 Å². The first-order chi connectivity index (χ1) is 9.13. The first-order valence-electron chi connectivity index (χ1n) is 7.24. The number of nitrogens with zero attached hydrogens (tertiary/aromatic N) is 1. The Kier molecular flexibility index (Phi) is 4.80. The van der Waals surface area contributed by atoms with E-state index in [4.69, 9.17) is 9.84 Å². The monoisotopic (exact) mass is 269 g/mol. The Bertz CT molecular complexity index is 336. The van der Waals surface area contributed by atoms with Crippen molar-refractivity contribution in [1.82, 2.24) is 4.90 Å². The van der Waals surface area contributed by atoms with Crippen LogP contribution in [0.2, 0.25) is 0 Å². The lowest BCUT2D eigenvalue weighted by Crippen LogP contribution is -2.54. The van der Waals surface area contributed by atoms with E-state index in [1.54, 1.807) is 0 Å². The summed E-state index contributed by atoms with van der Waals surface area (Å²) in [4.78, 5) is 25.2. The van der Waals surface area contributed by atoms with E-state index >= 15 is 0 Å². The molecule has 0 spiro atoms. The molecule has 1 N–H and O–H groups in total. The lowest BCUT2D eigenvalue weighted by atomic mass is 9.80. The molecular weight excluding hydrogens is 246 g/mol. The molecule has 0 bridgehead atoms. The summed E-state index contributed by atoms with van der Waals surface area (Å²) >= 11 is 0. The highest BCUT2D eigenvalue weighted by Gasteiger charge is 2.37. The zero-order valence-corrected chi connectivity index (χ0v) is 11.5. The summed E-state index contributed by atoms with van der Waals surface area (Å²) < 4.78 is 5.17. The molecule has 2 rings (SSSR count). The minimum atomic E-state index is -0.963. The van der Waals surface area contributed by atoms with Gasteiger partial charge in [-0.1, -0.05) is 13.3 Å². The average Bonchev–Trinajstić information content (AvgIpc) is 2.46. The van der Waals surface area contributed by atoms with E-state index in [9.17, 15) is 9.59 Å². The molecule has 1 atom stereocenters. The smallest absolute Gasteiger partial charge is 0.328 e. The number of rotatable bonds is 3. The molecule has 5 nitrogen and oxygen atoms in total. The van der Waals surface area contributed by atoms with Gasteiger partial charge in [-0.2, -0.15) is 0 Å². The summed E-state index contributed by atoms with van der Waals surface area (Å²) in [5.74, 6) is -0.188. The fourth-order valence-electron chi connectivity index (χ4n) is 3.12. The van der Waals surface area contributed by atoms with Crippen LogP contribution in [0.4, 0.5) is 0 Å². The molecule has 1 saturated heterocycles. The predicted octanol–water partition coefficient (Wildman–Crippen LogP) is 1.51. The molecule has 2 fully saturated rings. The Morgan fingerprint density at radius 2 is 1.95 bits per heavy atom. The summed E-state index contributed by atoms with van der Waals surface area (Å²) in [7, 11) is 0. The Hall–Kier alpha value is -1.10. The van der Waals surface area contributed by atoms with Gasteiger partial charge in [0, 0.05) is 12.5 Å². The summed E-state index contributed by atoms with van der Waals surface area (Å²) in [5.41, 5.74) is 0. The summed E-state index contributed by atoms with van der Waals surface area (Å²) in [6, 6.07) is -0.801. The van der Waals surface area contributed by atoms with Crippen molar-refractivity contribution in [1.29, 1.82) is 0 Å². The summed E-state index contributed by atoms with van der Waals surface area (Å²) in [6.45, 7) is 3.16. The molecule has 0 aromatic rings. The van der Waals surface area contributed by atoms with Gasteiger partial charge in [-0.05, 0) is 31.6 Å². The van der Waals surface area contributed by atoms with E-state index in [0.29, 0.717) is 13.2 Å². The Morgan fingerprint density at radius 3 is 2.53 bits per heavy atom. The molecule has 0 radical (unpaired) electrons. The van der Waals surface area contributed by atoms with Crippen molar-refractivity contribution in [2.45, 2.75) is 45.1 Å². The number of hydrogen-bond donors (Lipinski definition) is 1. The van der Waals surface area contributed by atoms with Crippen molar-refractivity contribution in [2.75, 3.05) is 19.8 Å². The third-order valence-corrected chi connectivity index (χ3v) is 4.47. The molecule has 19 heavy (non-hydrogen) atoms. The number of carbonyl (C=O) groups is 2. The first kappa shape index (κ1) is 14.3. The van der Waals surface area contributed by atoms with E-state index in [1.807, 2.05) is 0 Å². The van der Waals surface area contributed by atoms with E-state index in [1.165, 1.54) is 11.3 Å². The van der Waals surface area contributed by atoms with Crippen molar-refractivity contribution in [3.8, 4) is 0 Å². The van der Waals surface area contributed by atoms with Gasteiger partial charge in [-0.25, -0.2) is 4.79 Å². The van der Waals surface area contributed by atoms with Gasteiger partial charge in [0.05, 0.1) is 13.2 Å². The molecule has 1 amide bonds. The molecule has 1 aliphatic heterocycles. The highest BCUT2D eigenvalue weighted by Crippen LogP contribution is 2.32. The summed E-state index contributed by atoms with van der Waals surface area (Å²) in [6.07, 6.45) is 5.17. The van der Waals surface area contributed by atoms with Gasteiger partial charge in [-0.3, -0.25) is 4.79 Å². The third kappa shape index (κ3) is 3.26. The lowest BCUT2D eigenvalue weighted by Gasteiger charge is -2.37. The van der Waals surface area contributed by atoms with Crippen LogP contribution in [0.3, 0.4) is 0 Å². The minimum Gasteiger partial charge on any atom is -0.480 e. The predicted molar refractivity (Wildman–Crippen MR) is 69.7 cm³/mol. The van der Waals surface area contributed by atoms with Gasteiger partial charge in [0.2, 0.25) is 5.91 Å². The van der Waals surface area contributed by atoms with Crippen molar-refractivity contribution < 1.29 is 19.4 Å². The van der Waals surface area contributed by atoms with Gasteiger partial charge in [0.25, 0.3) is 0 Å². The molecule has 2 aliphatic rings. The van der Waals surface area contributed by atoms with Crippen LogP contribution in [0.1, 0.15) is 39.0 Å². The maximum absolute atomic E-state index is 12.5. The van der Waals surface area contributed by atoms with Crippen molar-refractivity contribution in [2.24, 2.45) is 11.8 Å². The van der Waals surface area contributed by atoms with E-state index < -0.39 is 12.0 Å². The third-order valence-electron chi connectivity index (χ3n) is 4.47. The van der Waals surface area contributed by atoms with E-state index in [2.05, 4.69) is 6.92 Å². The zero-order chi connectivity index (χ0) is 13.8. The molecule has 1 aliphatic carbocycles. The van der Waals surface area contributed by atoms with Crippen LogP contribution in [0.25, 0.3) is 0 Å². The second-order valence-corrected chi connectivity index (χ2v) is 5.59. The SMILES string of the molecule is CCC1CCC(C(=O)N2CCOCC2C(=O)O)CC1. The Balaban J connectivity index is 1.96. The van der Waals surface area contributed by atoms with Gasteiger partial charge in [-0.15, -0.1) is 0 Å². The molecule has 1 saturated carbocycles. The molecule has 0 aromatic heterocycles. The molecule has 1 unspecified atom stereocenters. The van der Waals surface area contributed by atoms with Crippen LogP contribution < -0.4 is 0 Å². The molecular formula is C14H23NO4. The second kappa shape index (κ2) is 6.37. The molecule has 108 valence electrons. The fraction of sp³-hybridized carbons (Fsp3) is 0.857. The number of aliphatic carboxylic acids is 1. The lowest BCUT2D eigenvalue weighted by molar-refractivity contribution is -0.161. The number of amides is 1. The van der Waals surface area contributed by atoms with Crippen molar-refractivity contribution >= 4 is 11.9 Å². The standard InChI is InChI=1S/C14H23NO4/c1-2-10-3-5-11(6-4-10)13(16)15-7-8-19-9-12(15)14(17)18/h10-12H,2-9H2,1H3,(H,17,18). The maximum atomic E-state index is 12.5. The zero-order valence-electron chi connectivity index (χ0n) is 11.5. The van der Waals surface area contributed by atoms with Crippen LogP contribution in [0.5, 0.6) is 0 Å². The van der Waals surface area contributed by atoms with E-state index in [-0.39, 0.29) is 18.4 Å². The minimum absolute atomic E-state index is 0.0164. The first-order valence-corrected chi connectivity index (χ1v) is 7.24. The highest BCUT2D eigenvalue weighted by atomic mass is 16.5. The number of morpholine rings is 1. The van der Waals surface area contributed by atoms with Crippen LogP contribution in [0.15, 0.2) is 0 Å². The van der Waals surface area contributed by atoms with Gasteiger partial charge < -0.3 is 14.7 Å². The molecule has 1 heterocycles. The fourth-order valence-corrected chi connectivity index (χ4v) is 3.12. The summed E-state index contributed by atoms with van der Waals surface area (Å²) in [5, 5.41) is 9.16. The average molecular weight is 269 g/mol. The van der Waals surface area contributed by atoms with Gasteiger partial charge in [0.1, 0.15) is 0 Å². The molecule has 0 aromatic carbocycles. The van der Waals surface area contributed by atoms with Crippen LogP contribution >= 0.6 is 0 Å². The van der Waals surface area contributed by atoms with Crippen LogP contribution in [-0.2, 0) is 14.3 Å². The van der Waals surface area contributed by atoms with Crippen LogP contribution in [-0.4, -0.2) is 47.7 Å². The van der Waals surface area contributed by atoms with Crippen molar-refractivity contribution in [3.63, 3.8) is 0 Å². The van der Waals surface area contributed by atoms with Crippen LogP contribution in [0, 0.1) is 11.8 Å². The quantitative estimate of drug-likeness (QED) is 0.843. The number of carbonyl (C=O) groups excluding carboxylic acids is 1. The topological polar surface area (TPSA) is 66.8 Å². The Morgan fingerprint density at radius 1 is 1.26 bits per heavy atom. The van der Waals surface area contributed by atoms with Gasteiger partial charge in [0.15, 0.2) is 6.04 Å². The number of carboxylic acid groups (broad SMARTS) is 1.